The molecule has 1 aliphatic rings. The van der Waals surface area contributed by atoms with Gasteiger partial charge in [-0.2, -0.15) is 5.26 Å². The Hall–Kier alpha value is -3.30. The summed E-state index contributed by atoms with van der Waals surface area (Å²) in [5.41, 5.74) is 2.25. The minimum Gasteiger partial charge on any atom is -0.497 e. The zero-order chi connectivity index (χ0) is 20.2. The van der Waals surface area contributed by atoms with E-state index in [1.807, 2.05) is 24.3 Å². The molecule has 0 aliphatic heterocycles. The minimum atomic E-state index is -0.226. The summed E-state index contributed by atoms with van der Waals surface area (Å²) >= 11 is 1.53. The lowest BCUT2D eigenvalue weighted by Gasteiger charge is -2.09. The highest BCUT2D eigenvalue weighted by atomic mass is 32.1. The number of fused-ring (bicyclic) bond motifs is 1. The van der Waals surface area contributed by atoms with Gasteiger partial charge in [-0.15, -0.1) is 11.3 Å². The standard InChI is InChI=1S/C23H20N2O3S/c1-27-16-10-12-18(13-11-16)28-17-8-6-15(7-9-17)22(26)25-23-20(14-24)19-4-2-3-5-21(19)29-23/h6-13H,2-5H2,1H3,(H,25,26). The molecule has 1 aliphatic carbocycles. The van der Waals surface area contributed by atoms with Crippen LogP contribution in [0.15, 0.2) is 48.5 Å². The molecule has 3 aromatic rings. The molecule has 0 fully saturated rings. The van der Waals surface area contributed by atoms with Gasteiger partial charge in [0.25, 0.3) is 5.91 Å². The first kappa shape index (κ1) is 19.0. The Labute approximate surface area is 173 Å². The predicted molar refractivity (Wildman–Crippen MR) is 113 cm³/mol. The summed E-state index contributed by atoms with van der Waals surface area (Å²) in [6, 6.07) is 16.5. The summed E-state index contributed by atoms with van der Waals surface area (Å²) in [5, 5.41) is 13.1. The number of anilines is 1. The molecule has 0 saturated carbocycles. The van der Waals surface area contributed by atoms with Crippen LogP contribution < -0.4 is 14.8 Å². The fraction of sp³-hybridized carbons (Fsp3) is 0.217. The van der Waals surface area contributed by atoms with E-state index in [-0.39, 0.29) is 5.91 Å². The maximum absolute atomic E-state index is 12.7. The molecular formula is C23H20N2O3S. The van der Waals surface area contributed by atoms with Crippen LogP contribution in [0.2, 0.25) is 0 Å². The lowest BCUT2D eigenvalue weighted by atomic mass is 9.96. The third kappa shape index (κ3) is 4.10. The van der Waals surface area contributed by atoms with E-state index in [0.717, 1.165) is 37.0 Å². The first-order valence-corrected chi connectivity index (χ1v) is 10.3. The van der Waals surface area contributed by atoms with E-state index >= 15 is 0 Å². The van der Waals surface area contributed by atoms with Gasteiger partial charge in [0.1, 0.15) is 28.3 Å². The Balaban J connectivity index is 1.46. The van der Waals surface area contributed by atoms with Crippen LogP contribution in [0.25, 0.3) is 0 Å². The molecule has 146 valence electrons. The number of nitrogens with one attached hydrogen (secondary N) is 1. The van der Waals surface area contributed by atoms with Crippen molar-refractivity contribution < 1.29 is 14.3 Å². The number of ether oxygens (including phenoxy) is 2. The highest BCUT2D eigenvalue weighted by molar-refractivity contribution is 7.16. The van der Waals surface area contributed by atoms with Crippen LogP contribution in [0.1, 0.15) is 39.2 Å². The number of hydrogen-bond donors (Lipinski definition) is 1. The predicted octanol–water partition coefficient (Wildman–Crippen LogP) is 5.55. The molecule has 0 atom stereocenters. The van der Waals surface area contributed by atoms with E-state index in [2.05, 4.69) is 11.4 Å². The van der Waals surface area contributed by atoms with E-state index in [1.165, 1.54) is 16.2 Å². The Morgan fingerprint density at radius 1 is 1.00 bits per heavy atom. The molecule has 1 aromatic heterocycles. The van der Waals surface area contributed by atoms with Gasteiger partial charge in [-0.3, -0.25) is 4.79 Å². The number of hydrogen-bond acceptors (Lipinski definition) is 5. The average molecular weight is 404 g/mol. The van der Waals surface area contributed by atoms with Crippen LogP contribution in [-0.4, -0.2) is 13.0 Å². The lowest BCUT2D eigenvalue weighted by Crippen LogP contribution is -2.11. The molecule has 0 radical (unpaired) electrons. The van der Waals surface area contributed by atoms with Gasteiger partial charge >= 0.3 is 0 Å². The van der Waals surface area contributed by atoms with E-state index in [9.17, 15) is 10.1 Å². The molecule has 1 heterocycles. The molecule has 0 spiro atoms. The molecule has 4 rings (SSSR count). The molecular weight excluding hydrogens is 384 g/mol. The molecule has 2 aromatic carbocycles. The van der Waals surface area contributed by atoms with Crippen LogP contribution in [0, 0.1) is 11.3 Å². The summed E-state index contributed by atoms with van der Waals surface area (Å²) in [6.45, 7) is 0. The number of carbonyl (C=O) groups is 1. The van der Waals surface area contributed by atoms with Crippen LogP contribution in [0.5, 0.6) is 17.2 Å². The fourth-order valence-electron chi connectivity index (χ4n) is 3.40. The number of methoxy groups -OCH3 is 1. The van der Waals surface area contributed by atoms with E-state index in [4.69, 9.17) is 9.47 Å². The number of thiophene rings is 1. The molecule has 0 bridgehead atoms. The fourth-order valence-corrected chi connectivity index (χ4v) is 4.64. The average Bonchev–Trinajstić information content (AvgIpc) is 3.11. The highest BCUT2D eigenvalue weighted by Gasteiger charge is 2.22. The second-order valence-electron chi connectivity index (χ2n) is 6.78. The smallest absolute Gasteiger partial charge is 0.256 e. The number of rotatable bonds is 5. The van der Waals surface area contributed by atoms with E-state index in [1.54, 1.807) is 31.4 Å². The van der Waals surface area contributed by atoms with Gasteiger partial charge in [0.2, 0.25) is 0 Å². The topological polar surface area (TPSA) is 71.3 Å². The van der Waals surface area contributed by atoms with Crippen molar-refractivity contribution in [3.05, 3.63) is 70.1 Å². The maximum Gasteiger partial charge on any atom is 0.256 e. The summed E-state index contributed by atoms with van der Waals surface area (Å²) in [7, 11) is 1.62. The second kappa shape index (κ2) is 8.38. The van der Waals surface area contributed by atoms with Crippen LogP contribution in [0.4, 0.5) is 5.00 Å². The van der Waals surface area contributed by atoms with E-state index in [0.29, 0.717) is 27.6 Å². The molecule has 1 amide bonds. The largest absolute Gasteiger partial charge is 0.497 e. The van der Waals surface area contributed by atoms with Gasteiger partial charge in [-0.25, -0.2) is 0 Å². The van der Waals surface area contributed by atoms with Crippen molar-refractivity contribution in [2.45, 2.75) is 25.7 Å². The van der Waals surface area contributed by atoms with Crippen molar-refractivity contribution in [3.63, 3.8) is 0 Å². The Kier molecular flexibility index (Phi) is 5.50. The second-order valence-corrected chi connectivity index (χ2v) is 7.89. The number of carbonyl (C=O) groups excluding carboxylic acids is 1. The maximum atomic E-state index is 12.7. The number of benzene rings is 2. The molecule has 1 N–H and O–H groups in total. The zero-order valence-electron chi connectivity index (χ0n) is 16.0. The zero-order valence-corrected chi connectivity index (χ0v) is 16.8. The molecule has 29 heavy (non-hydrogen) atoms. The number of nitriles is 1. The third-order valence-corrected chi connectivity index (χ3v) is 6.13. The quantitative estimate of drug-likeness (QED) is 0.605. The van der Waals surface area contributed by atoms with Crippen molar-refractivity contribution in [2.24, 2.45) is 0 Å². The van der Waals surface area contributed by atoms with Crippen LogP contribution >= 0.6 is 11.3 Å². The highest BCUT2D eigenvalue weighted by Crippen LogP contribution is 2.37. The van der Waals surface area contributed by atoms with Gasteiger partial charge in [0.05, 0.1) is 12.7 Å². The number of amides is 1. The lowest BCUT2D eigenvalue weighted by molar-refractivity contribution is 0.102. The molecule has 6 heteroatoms. The van der Waals surface area contributed by atoms with Crippen molar-refractivity contribution in [2.75, 3.05) is 12.4 Å². The van der Waals surface area contributed by atoms with Crippen LogP contribution in [-0.2, 0) is 12.8 Å². The van der Waals surface area contributed by atoms with Gasteiger partial charge in [-0.1, -0.05) is 0 Å². The summed E-state index contributed by atoms with van der Waals surface area (Å²) < 4.78 is 10.9. The molecule has 0 unspecified atom stereocenters. The Bertz CT molecular complexity index is 1060. The monoisotopic (exact) mass is 404 g/mol. The van der Waals surface area contributed by atoms with Gasteiger partial charge in [-0.05, 0) is 79.8 Å². The van der Waals surface area contributed by atoms with Gasteiger partial charge in [0.15, 0.2) is 0 Å². The third-order valence-electron chi connectivity index (χ3n) is 4.92. The van der Waals surface area contributed by atoms with Crippen molar-refractivity contribution in [3.8, 4) is 23.3 Å². The SMILES string of the molecule is COc1ccc(Oc2ccc(C(=O)Nc3sc4c(c3C#N)CCCC4)cc2)cc1. The van der Waals surface area contributed by atoms with Gasteiger partial charge < -0.3 is 14.8 Å². The first-order valence-electron chi connectivity index (χ1n) is 9.46. The number of aryl methyl sites for hydroxylation is 1. The number of nitrogens with zero attached hydrogens (tertiary/aromatic N) is 1. The summed E-state index contributed by atoms with van der Waals surface area (Å²) in [4.78, 5) is 13.9. The summed E-state index contributed by atoms with van der Waals surface area (Å²) in [6.07, 6.45) is 4.15. The molecule has 5 nitrogen and oxygen atoms in total. The van der Waals surface area contributed by atoms with Gasteiger partial charge in [0, 0.05) is 10.4 Å². The van der Waals surface area contributed by atoms with Crippen molar-refractivity contribution >= 4 is 22.2 Å². The minimum absolute atomic E-state index is 0.226. The van der Waals surface area contributed by atoms with Crippen molar-refractivity contribution in [1.82, 2.24) is 0 Å². The van der Waals surface area contributed by atoms with Crippen LogP contribution in [0.3, 0.4) is 0 Å². The summed E-state index contributed by atoms with van der Waals surface area (Å²) in [5.74, 6) is 1.86. The molecule has 0 saturated heterocycles. The Morgan fingerprint density at radius 3 is 2.28 bits per heavy atom. The van der Waals surface area contributed by atoms with Crippen molar-refractivity contribution in [1.29, 1.82) is 5.26 Å². The Morgan fingerprint density at radius 2 is 1.62 bits per heavy atom. The first-order chi connectivity index (χ1) is 14.2. The van der Waals surface area contributed by atoms with E-state index < -0.39 is 0 Å². The normalized spacial score (nSPS) is 12.6.